The zero-order valence-corrected chi connectivity index (χ0v) is 11.7. The van der Waals surface area contributed by atoms with Gasteiger partial charge in [0, 0.05) is 23.8 Å². The van der Waals surface area contributed by atoms with Crippen LogP contribution in [0.2, 0.25) is 0 Å². The van der Waals surface area contributed by atoms with Gasteiger partial charge in [-0.25, -0.2) is 4.98 Å². The number of aromatic nitrogens is 1. The van der Waals surface area contributed by atoms with E-state index < -0.39 is 0 Å². The van der Waals surface area contributed by atoms with Gasteiger partial charge in [-0.3, -0.25) is 11.3 Å². The standard InChI is InChI=1S/C14H17N3OS/c1-9-16-11(8-19-9)7-13(17-15)12-4-2-3-10-5-6-18-14(10)12/h2-4,8,13,17H,5-7,15H2,1H3. The van der Waals surface area contributed by atoms with E-state index in [1.165, 1.54) is 5.56 Å². The number of hydrazine groups is 1. The average molecular weight is 275 g/mol. The largest absolute Gasteiger partial charge is 0.493 e. The van der Waals surface area contributed by atoms with Crippen LogP contribution >= 0.6 is 11.3 Å². The van der Waals surface area contributed by atoms with E-state index in [0.717, 1.165) is 41.5 Å². The van der Waals surface area contributed by atoms with Crippen molar-refractivity contribution < 1.29 is 4.74 Å². The van der Waals surface area contributed by atoms with Crippen molar-refractivity contribution in [3.05, 3.63) is 45.4 Å². The van der Waals surface area contributed by atoms with Crippen molar-refractivity contribution in [2.45, 2.75) is 25.8 Å². The molecule has 0 spiro atoms. The first kappa shape index (κ1) is 12.6. The van der Waals surface area contributed by atoms with Gasteiger partial charge in [-0.05, 0) is 12.5 Å². The van der Waals surface area contributed by atoms with Crippen LogP contribution in [0.1, 0.15) is 27.9 Å². The Morgan fingerprint density at radius 1 is 1.53 bits per heavy atom. The minimum atomic E-state index is 0.0366. The molecule has 5 heteroatoms. The molecule has 1 unspecified atom stereocenters. The lowest BCUT2D eigenvalue weighted by Gasteiger charge is -2.18. The second-order valence-electron chi connectivity index (χ2n) is 4.72. The SMILES string of the molecule is Cc1nc(CC(NN)c2cccc3c2OCC3)cs1. The van der Waals surface area contributed by atoms with Crippen LogP contribution < -0.4 is 16.0 Å². The normalized spacial score (nSPS) is 15.1. The molecule has 0 saturated heterocycles. The number of aryl methyl sites for hydroxylation is 1. The first-order valence-corrected chi connectivity index (χ1v) is 7.27. The molecule has 0 fully saturated rings. The molecular formula is C14H17N3OS. The van der Waals surface area contributed by atoms with Gasteiger partial charge in [0.15, 0.2) is 0 Å². The Bertz CT molecular complexity index is 582. The number of nitrogens with one attached hydrogen (secondary N) is 1. The van der Waals surface area contributed by atoms with E-state index in [1.807, 2.05) is 6.92 Å². The van der Waals surface area contributed by atoms with Crippen LogP contribution in [0, 0.1) is 6.92 Å². The summed E-state index contributed by atoms with van der Waals surface area (Å²) in [5.41, 5.74) is 6.36. The molecule has 1 aromatic carbocycles. The molecule has 2 aromatic rings. The third kappa shape index (κ3) is 2.49. The van der Waals surface area contributed by atoms with E-state index in [2.05, 4.69) is 34.0 Å². The molecule has 0 bridgehead atoms. The van der Waals surface area contributed by atoms with Crippen LogP contribution in [0.3, 0.4) is 0 Å². The quantitative estimate of drug-likeness (QED) is 0.663. The highest BCUT2D eigenvalue weighted by Gasteiger charge is 2.22. The fourth-order valence-corrected chi connectivity index (χ4v) is 3.11. The van der Waals surface area contributed by atoms with Crippen LogP contribution in [-0.4, -0.2) is 11.6 Å². The topological polar surface area (TPSA) is 60.2 Å². The number of thiazole rings is 1. The minimum Gasteiger partial charge on any atom is -0.493 e. The molecule has 1 aromatic heterocycles. The lowest BCUT2D eigenvalue weighted by atomic mass is 9.99. The van der Waals surface area contributed by atoms with Gasteiger partial charge < -0.3 is 4.74 Å². The summed E-state index contributed by atoms with van der Waals surface area (Å²) in [6, 6.07) is 6.30. The number of nitrogens with zero attached hydrogens (tertiary/aromatic N) is 1. The number of ether oxygens (including phenoxy) is 1. The van der Waals surface area contributed by atoms with Crippen molar-refractivity contribution >= 4 is 11.3 Å². The van der Waals surface area contributed by atoms with Crippen LogP contribution in [-0.2, 0) is 12.8 Å². The summed E-state index contributed by atoms with van der Waals surface area (Å²) in [6.45, 7) is 2.78. The summed E-state index contributed by atoms with van der Waals surface area (Å²) >= 11 is 1.67. The molecule has 0 saturated carbocycles. The number of rotatable bonds is 4. The molecule has 2 heterocycles. The molecule has 3 N–H and O–H groups in total. The van der Waals surface area contributed by atoms with Gasteiger partial charge in [0.25, 0.3) is 0 Å². The van der Waals surface area contributed by atoms with Crippen molar-refractivity contribution in [1.82, 2.24) is 10.4 Å². The van der Waals surface area contributed by atoms with E-state index in [1.54, 1.807) is 11.3 Å². The molecule has 100 valence electrons. The number of benzene rings is 1. The zero-order valence-electron chi connectivity index (χ0n) is 10.8. The highest BCUT2D eigenvalue weighted by molar-refractivity contribution is 7.09. The lowest BCUT2D eigenvalue weighted by Crippen LogP contribution is -2.30. The third-order valence-corrected chi connectivity index (χ3v) is 4.22. The Labute approximate surface area is 116 Å². The molecule has 1 atom stereocenters. The van der Waals surface area contributed by atoms with Crippen molar-refractivity contribution in [3.8, 4) is 5.75 Å². The summed E-state index contributed by atoms with van der Waals surface area (Å²) in [5.74, 6) is 6.72. The monoisotopic (exact) mass is 275 g/mol. The first-order chi connectivity index (χ1) is 9.28. The van der Waals surface area contributed by atoms with Crippen LogP contribution in [0.5, 0.6) is 5.75 Å². The summed E-state index contributed by atoms with van der Waals surface area (Å²) in [6.07, 6.45) is 1.76. The number of fused-ring (bicyclic) bond motifs is 1. The Morgan fingerprint density at radius 2 is 2.42 bits per heavy atom. The predicted molar refractivity (Wildman–Crippen MR) is 76.3 cm³/mol. The molecule has 0 aliphatic carbocycles. The molecule has 0 amide bonds. The number of para-hydroxylation sites is 1. The Balaban J connectivity index is 1.88. The van der Waals surface area contributed by atoms with Crippen LogP contribution in [0.4, 0.5) is 0 Å². The van der Waals surface area contributed by atoms with Crippen molar-refractivity contribution in [2.24, 2.45) is 5.84 Å². The fourth-order valence-electron chi connectivity index (χ4n) is 2.48. The molecule has 19 heavy (non-hydrogen) atoms. The molecule has 3 rings (SSSR count). The van der Waals surface area contributed by atoms with Gasteiger partial charge in [-0.1, -0.05) is 18.2 Å². The van der Waals surface area contributed by atoms with E-state index in [-0.39, 0.29) is 6.04 Å². The second-order valence-corrected chi connectivity index (χ2v) is 5.78. The summed E-state index contributed by atoms with van der Waals surface area (Å²) in [5, 5.41) is 3.17. The smallest absolute Gasteiger partial charge is 0.127 e. The maximum absolute atomic E-state index is 5.74. The van der Waals surface area contributed by atoms with Crippen LogP contribution in [0.15, 0.2) is 23.6 Å². The van der Waals surface area contributed by atoms with Gasteiger partial charge in [-0.15, -0.1) is 11.3 Å². The summed E-state index contributed by atoms with van der Waals surface area (Å²) in [7, 11) is 0. The molecule has 4 nitrogen and oxygen atoms in total. The van der Waals surface area contributed by atoms with Gasteiger partial charge >= 0.3 is 0 Å². The maximum Gasteiger partial charge on any atom is 0.127 e. The third-order valence-electron chi connectivity index (χ3n) is 3.40. The molecular weight excluding hydrogens is 258 g/mol. The lowest BCUT2D eigenvalue weighted by molar-refractivity contribution is 0.348. The van der Waals surface area contributed by atoms with Crippen molar-refractivity contribution in [3.63, 3.8) is 0 Å². The van der Waals surface area contributed by atoms with E-state index in [9.17, 15) is 0 Å². The highest BCUT2D eigenvalue weighted by Crippen LogP contribution is 2.34. The van der Waals surface area contributed by atoms with Crippen LogP contribution in [0.25, 0.3) is 0 Å². The minimum absolute atomic E-state index is 0.0366. The highest BCUT2D eigenvalue weighted by atomic mass is 32.1. The zero-order chi connectivity index (χ0) is 13.2. The fraction of sp³-hybridized carbons (Fsp3) is 0.357. The summed E-state index contributed by atoms with van der Waals surface area (Å²) in [4.78, 5) is 4.50. The van der Waals surface area contributed by atoms with E-state index in [4.69, 9.17) is 10.6 Å². The second kappa shape index (κ2) is 5.28. The molecule has 0 radical (unpaired) electrons. The number of hydrogen-bond acceptors (Lipinski definition) is 5. The Hall–Kier alpha value is -1.43. The van der Waals surface area contributed by atoms with E-state index in [0.29, 0.717) is 0 Å². The van der Waals surface area contributed by atoms with Gasteiger partial charge in [0.05, 0.1) is 23.4 Å². The first-order valence-electron chi connectivity index (χ1n) is 6.39. The van der Waals surface area contributed by atoms with Crippen molar-refractivity contribution in [1.29, 1.82) is 0 Å². The van der Waals surface area contributed by atoms with Gasteiger partial charge in [-0.2, -0.15) is 0 Å². The number of hydrogen-bond donors (Lipinski definition) is 2. The predicted octanol–water partition coefficient (Wildman–Crippen LogP) is 2.13. The molecule has 1 aliphatic rings. The average Bonchev–Trinajstić information content (AvgIpc) is 3.04. The molecule has 1 aliphatic heterocycles. The van der Waals surface area contributed by atoms with Gasteiger partial charge in [0.1, 0.15) is 5.75 Å². The van der Waals surface area contributed by atoms with E-state index >= 15 is 0 Å². The number of nitrogens with two attached hydrogens (primary N) is 1. The van der Waals surface area contributed by atoms with Crippen molar-refractivity contribution in [2.75, 3.05) is 6.61 Å². The Morgan fingerprint density at radius 3 is 3.16 bits per heavy atom. The maximum atomic E-state index is 5.74. The Kier molecular flexibility index (Phi) is 3.50. The summed E-state index contributed by atoms with van der Waals surface area (Å²) < 4.78 is 5.74. The van der Waals surface area contributed by atoms with Gasteiger partial charge in [0.2, 0.25) is 0 Å².